The molecule has 2 atom stereocenters. The molecule has 27 heavy (non-hydrogen) atoms. The van der Waals surface area contributed by atoms with Crippen molar-refractivity contribution in [3.8, 4) is 0 Å². The number of halogens is 1. The third-order valence-corrected chi connectivity index (χ3v) is 6.10. The number of rotatable bonds is 4. The van der Waals surface area contributed by atoms with E-state index in [1.165, 1.54) is 12.1 Å². The molecule has 0 aromatic heterocycles. The van der Waals surface area contributed by atoms with Crippen LogP contribution in [0.5, 0.6) is 0 Å². The van der Waals surface area contributed by atoms with E-state index < -0.39 is 10.0 Å². The predicted octanol–water partition coefficient (Wildman–Crippen LogP) is 3.39. The van der Waals surface area contributed by atoms with E-state index in [1.807, 2.05) is 13.8 Å². The lowest BCUT2D eigenvalue weighted by Crippen LogP contribution is -2.48. The number of anilines is 1. The molecule has 1 saturated heterocycles. The van der Waals surface area contributed by atoms with Gasteiger partial charge in [-0.3, -0.25) is 9.52 Å². The van der Waals surface area contributed by atoms with Crippen molar-refractivity contribution in [3.63, 3.8) is 0 Å². The van der Waals surface area contributed by atoms with Crippen molar-refractivity contribution >= 4 is 33.2 Å². The third kappa shape index (κ3) is 4.43. The molecule has 6 nitrogen and oxygen atoms in total. The van der Waals surface area contributed by atoms with Gasteiger partial charge in [0, 0.05) is 13.1 Å². The van der Waals surface area contributed by atoms with Gasteiger partial charge in [-0.25, -0.2) is 8.42 Å². The molecule has 0 spiro atoms. The predicted molar refractivity (Wildman–Crippen MR) is 105 cm³/mol. The normalized spacial score (nSPS) is 20.3. The molecule has 0 bridgehead atoms. The second-order valence-electron chi connectivity index (χ2n) is 6.55. The molecule has 144 valence electrons. The maximum Gasteiger partial charge on any atom is 0.263 e. The van der Waals surface area contributed by atoms with E-state index in [4.69, 9.17) is 16.3 Å². The lowest BCUT2D eigenvalue weighted by atomic mass is 10.1. The number of hydrogen-bond donors (Lipinski definition) is 1. The Bertz CT molecular complexity index is 938. The molecule has 1 aliphatic heterocycles. The molecule has 1 N–H and O–H groups in total. The van der Waals surface area contributed by atoms with Crippen LogP contribution in [0.1, 0.15) is 24.2 Å². The number of ether oxygens (including phenoxy) is 1. The summed E-state index contributed by atoms with van der Waals surface area (Å²) in [5.74, 6) is -0.241. The van der Waals surface area contributed by atoms with Gasteiger partial charge in [-0.15, -0.1) is 0 Å². The zero-order chi connectivity index (χ0) is 19.6. The number of carbonyl (C=O) groups is 1. The van der Waals surface area contributed by atoms with Crippen molar-refractivity contribution in [1.29, 1.82) is 0 Å². The SMILES string of the molecule is CC1CN(C(=O)c2ccccc2NS(=O)(=O)c2ccccc2Cl)CC(C)O1. The van der Waals surface area contributed by atoms with Crippen LogP contribution in [0, 0.1) is 0 Å². The van der Waals surface area contributed by atoms with Crippen LogP contribution in [-0.2, 0) is 14.8 Å². The Kier molecular flexibility index (Phi) is 5.74. The van der Waals surface area contributed by atoms with Gasteiger partial charge < -0.3 is 9.64 Å². The maximum atomic E-state index is 13.0. The van der Waals surface area contributed by atoms with Crippen LogP contribution in [0.25, 0.3) is 0 Å². The summed E-state index contributed by atoms with van der Waals surface area (Å²) in [5.41, 5.74) is 0.503. The number of sulfonamides is 1. The fourth-order valence-electron chi connectivity index (χ4n) is 3.14. The van der Waals surface area contributed by atoms with Gasteiger partial charge in [-0.2, -0.15) is 0 Å². The van der Waals surface area contributed by atoms with Crippen molar-refractivity contribution < 1.29 is 17.9 Å². The monoisotopic (exact) mass is 408 g/mol. The Hall–Kier alpha value is -2.09. The molecule has 2 unspecified atom stereocenters. The lowest BCUT2D eigenvalue weighted by Gasteiger charge is -2.35. The molecule has 1 aliphatic rings. The molecule has 1 amide bonds. The van der Waals surface area contributed by atoms with Crippen LogP contribution in [0.2, 0.25) is 5.02 Å². The van der Waals surface area contributed by atoms with E-state index in [-0.39, 0.29) is 39.3 Å². The standard InChI is InChI=1S/C19H21ClN2O4S/c1-13-11-22(12-14(2)26-13)19(23)15-7-3-5-9-17(15)21-27(24,25)18-10-6-4-8-16(18)20/h3-10,13-14,21H,11-12H2,1-2H3. The van der Waals surface area contributed by atoms with Crippen LogP contribution in [0.15, 0.2) is 53.4 Å². The Morgan fingerprint density at radius 3 is 2.33 bits per heavy atom. The van der Waals surface area contributed by atoms with Gasteiger partial charge in [0.25, 0.3) is 15.9 Å². The highest BCUT2D eigenvalue weighted by atomic mass is 35.5. The van der Waals surface area contributed by atoms with Crippen LogP contribution < -0.4 is 4.72 Å². The Morgan fingerprint density at radius 1 is 1.07 bits per heavy atom. The average Bonchev–Trinajstić information content (AvgIpc) is 2.60. The topological polar surface area (TPSA) is 75.7 Å². The maximum absolute atomic E-state index is 13.0. The zero-order valence-electron chi connectivity index (χ0n) is 15.1. The Labute approximate surface area is 164 Å². The van der Waals surface area contributed by atoms with Gasteiger partial charge in [0.1, 0.15) is 4.90 Å². The third-order valence-electron chi connectivity index (χ3n) is 4.23. The van der Waals surface area contributed by atoms with Crippen LogP contribution in [0.3, 0.4) is 0 Å². The van der Waals surface area contributed by atoms with Crippen molar-refractivity contribution in [3.05, 3.63) is 59.1 Å². The lowest BCUT2D eigenvalue weighted by molar-refractivity contribution is -0.0585. The van der Waals surface area contributed by atoms with Crippen molar-refractivity contribution in [2.24, 2.45) is 0 Å². The second-order valence-corrected chi connectivity index (χ2v) is 8.61. The molecule has 1 heterocycles. The smallest absolute Gasteiger partial charge is 0.263 e. The largest absolute Gasteiger partial charge is 0.372 e. The Morgan fingerprint density at radius 2 is 1.67 bits per heavy atom. The number of benzene rings is 2. The van der Waals surface area contributed by atoms with E-state index in [2.05, 4.69) is 4.72 Å². The molecule has 2 aromatic carbocycles. The first-order valence-electron chi connectivity index (χ1n) is 8.59. The summed E-state index contributed by atoms with van der Waals surface area (Å²) in [4.78, 5) is 14.7. The van der Waals surface area contributed by atoms with E-state index in [0.717, 1.165) is 0 Å². The zero-order valence-corrected chi connectivity index (χ0v) is 16.6. The quantitative estimate of drug-likeness (QED) is 0.841. The number of para-hydroxylation sites is 1. The first-order chi connectivity index (χ1) is 12.8. The van der Waals surface area contributed by atoms with Crippen molar-refractivity contribution in [1.82, 2.24) is 4.90 Å². The van der Waals surface area contributed by atoms with E-state index in [0.29, 0.717) is 13.1 Å². The van der Waals surface area contributed by atoms with Gasteiger partial charge in [-0.1, -0.05) is 35.9 Å². The first-order valence-corrected chi connectivity index (χ1v) is 10.4. The van der Waals surface area contributed by atoms with Crippen LogP contribution in [0.4, 0.5) is 5.69 Å². The molecule has 3 rings (SSSR count). The highest BCUT2D eigenvalue weighted by Gasteiger charge is 2.28. The summed E-state index contributed by atoms with van der Waals surface area (Å²) >= 11 is 6.02. The fourth-order valence-corrected chi connectivity index (χ4v) is 4.74. The molecule has 0 saturated carbocycles. The van der Waals surface area contributed by atoms with Crippen molar-refractivity contribution in [2.75, 3.05) is 17.8 Å². The second kappa shape index (κ2) is 7.88. The number of amides is 1. The summed E-state index contributed by atoms with van der Waals surface area (Å²) in [5, 5.41) is 0.115. The van der Waals surface area contributed by atoms with Crippen molar-refractivity contribution in [2.45, 2.75) is 31.0 Å². The van der Waals surface area contributed by atoms with Crippen LogP contribution >= 0.6 is 11.6 Å². The number of nitrogens with zero attached hydrogens (tertiary/aromatic N) is 1. The number of carbonyl (C=O) groups excluding carboxylic acids is 1. The highest BCUT2D eigenvalue weighted by Crippen LogP contribution is 2.26. The molecule has 0 aliphatic carbocycles. The van der Waals surface area contributed by atoms with E-state index in [9.17, 15) is 13.2 Å². The minimum atomic E-state index is -3.93. The van der Waals surface area contributed by atoms with Crippen LogP contribution in [-0.4, -0.2) is 44.5 Å². The summed E-state index contributed by atoms with van der Waals surface area (Å²) in [6.07, 6.45) is -0.158. The summed E-state index contributed by atoms with van der Waals surface area (Å²) in [6.45, 7) is 4.72. The first kappa shape index (κ1) is 19.7. The Balaban J connectivity index is 1.90. The van der Waals surface area contributed by atoms with E-state index >= 15 is 0 Å². The average molecular weight is 409 g/mol. The van der Waals surface area contributed by atoms with Gasteiger partial charge in [0.05, 0.1) is 28.5 Å². The minimum absolute atomic E-state index is 0.0393. The summed E-state index contributed by atoms with van der Waals surface area (Å²) < 4.78 is 33.6. The molecule has 1 fully saturated rings. The highest BCUT2D eigenvalue weighted by molar-refractivity contribution is 7.92. The van der Waals surface area contributed by atoms with E-state index in [1.54, 1.807) is 41.3 Å². The minimum Gasteiger partial charge on any atom is -0.372 e. The molecule has 8 heteroatoms. The molecule has 2 aromatic rings. The number of hydrogen-bond acceptors (Lipinski definition) is 4. The number of morpholine rings is 1. The van der Waals surface area contributed by atoms with Gasteiger partial charge in [-0.05, 0) is 38.1 Å². The summed E-state index contributed by atoms with van der Waals surface area (Å²) in [6, 6.07) is 12.7. The molecular formula is C19H21ClN2O4S. The molecular weight excluding hydrogens is 388 g/mol. The van der Waals surface area contributed by atoms with Gasteiger partial charge in [0.15, 0.2) is 0 Å². The molecule has 0 radical (unpaired) electrons. The summed E-state index contributed by atoms with van der Waals surface area (Å²) in [7, 11) is -3.93. The fraction of sp³-hybridized carbons (Fsp3) is 0.316. The van der Waals surface area contributed by atoms with Gasteiger partial charge >= 0.3 is 0 Å². The number of nitrogens with one attached hydrogen (secondary N) is 1. The van der Waals surface area contributed by atoms with Gasteiger partial charge in [0.2, 0.25) is 0 Å².